The first kappa shape index (κ1) is 14.0. The van der Waals surface area contributed by atoms with Crippen LogP contribution in [0.2, 0.25) is 0 Å². The van der Waals surface area contributed by atoms with E-state index >= 15 is 0 Å². The molecule has 1 atom stereocenters. The number of halogens is 3. The number of alkyl halides is 3. The lowest BCUT2D eigenvalue weighted by molar-refractivity contribution is -0.160. The molecule has 3 nitrogen and oxygen atoms in total. The van der Waals surface area contributed by atoms with Crippen molar-refractivity contribution in [1.29, 1.82) is 0 Å². The van der Waals surface area contributed by atoms with Crippen LogP contribution in [-0.4, -0.2) is 21.6 Å². The number of hydrogen-bond acceptors (Lipinski definition) is 3. The summed E-state index contributed by atoms with van der Waals surface area (Å²) >= 11 is 16.3. The molecular weight excluding hydrogens is 250 g/mol. The molecule has 0 aliphatic rings. The second-order valence-electron chi connectivity index (χ2n) is 3.69. The SMILES string of the molecule is CC(C)(C)OC(=O)C(C=O)C(Cl)(Cl)Cl. The molecule has 0 fully saturated rings. The molecule has 6 heteroatoms. The first-order valence-corrected chi connectivity index (χ1v) is 4.96. The van der Waals surface area contributed by atoms with Crippen LogP contribution in [0.15, 0.2) is 0 Å². The van der Waals surface area contributed by atoms with Crippen LogP contribution in [0.4, 0.5) is 0 Å². The number of hydrogen-bond donors (Lipinski definition) is 0. The molecule has 0 radical (unpaired) electrons. The second-order valence-corrected chi connectivity index (χ2v) is 6.06. The number of carbonyl (C=O) groups is 2. The molecule has 0 amide bonds. The molecular formula is C8H11Cl3O3. The third-order valence-electron chi connectivity index (χ3n) is 1.15. The molecule has 0 N–H and O–H groups in total. The van der Waals surface area contributed by atoms with Crippen molar-refractivity contribution in [2.24, 2.45) is 5.92 Å². The Bertz CT molecular complexity index is 227. The zero-order valence-corrected chi connectivity index (χ0v) is 10.3. The summed E-state index contributed by atoms with van der Waals surface area (Å²) in [5.74, 6) is -2.24. The van der Waals surface area contributed by atoms with Gasteiger partial charge in [-0.05, 0) is 20.8 Å². The standard InChI is InChI=1S/C8H11Cl3O3/c1-7(2,3)14-6(13)5(4-12)8(9,10)11/h4-5H,1-3H3. The van der Waals surface area contributed by atoms with E-state index < -0.39 is 21.3 Å². The van der Waals surface area contributed by atoms with E-state index in [1.807, 2.05) is 0 Å². The predicted octanol–water partition coefficient (Wildman–Crippen LogP) is 2.51. The van der Waals surface area contributed by atoms with E-state index in [1.54, 1.807) is 20.8 Å². The summed E-state index contributed by atoms with van der Waals surface area (Å²) in [5.41, 5.74) is -0.714. The lowest BCUT2D eigenvalue weighted by atomic mass is 10.1. The molecule has 0 bridgehead atoms. The number of ether oxygens (including phenoxy) is 1. The Morgan fingerprint density at radius 1 is 1.29 bits per heavy atom. The van der Waals surface area contributed by atoms with Gasteiger partial charge in [0.15, 0.2) is 5.92 Å². The van der Waals surface area contributed by atoms with Gasteiger partial charge in [-0.1, -0.05) is 34.8 Å². The quantitative estimate of drug-likeness (QED) is 0.332. The molecule has 0 spiro atoms. The summed E-state index contributed by atoms with van der Waals surface area (Å²) in [6.07, 6.45) is 0.265. The van der Waals surface area contributed by atoms with Crippen molar-refractivity contribution in [3.63, 3.8) is 0 Å². The lowest BCUT2D eigenvalue weighted by Gasteiger charge is -2.24. The Balaban J connectivity index is 4.58. The van der Waals surface area contributed by atoms with Gasteiger partial charge < -0.3 is 9.53 Å². The Morgan fingerprint density at radius 3 is 1.93 bits per heavy atom. The van der Waals surface area contributed by atoms with Crippen molar-refractivity contribution in [1.82, 2.24) is 0 Å². The van der Waals surface area contributed by atoms with Crippen molar-refractivity contribution in [2.75, 3.05) is 0 Å². The van der Waals surface area contributed by atoms with Gasteiger partial charge in [0.2, 0.25) is 3.79 Å². The predicted molar refractivity (Wildman–Crippen MR) is 55.7 cm³/mol. The number of aldehydes is 1. The van der Waals surface area contributed by atoms with E-state index in [9.17, 15) is 9.59 Å². The minimum absolute atomic E-state index is 0.265. The largest absolute Gasteiger partial charge is 0.459 e. The summed E-state index contributed by atoms with van der Waals surface area (Å²) in [6.45, 7) is 4.97. The Hall–Kier alpha value is 0.01000. The highest BCUT2D eigenvalue weighted by atomic mass is 35.6. The van der Waals surface area contributed by atoms with Gasteiger partial charge in [0.05, 0.1) is 0 Å². The number of esters is 1. The molecule has 0 saturated carbocycles. The van der Waals surface area contributed by atoms with E-state index in [-0.39, 0.29) is 6.29 Å². The van der Waals surface area contributed by atoms with Crippen molar-refractivity contribution < 1.29 is 14.3 Å². The van der Waals surface area contributed by atoms with Crippen LogP contribution in [0.5, 0.6) is 0 Å². The highest BCUT2D eigenvalue weighted by Crippen LogP contribution is 2.35. The fourth-order valence-corrected chi connectivity index (χ4v) is 1.05. The minimum Gasteiger partial charge on any atom is -0.459 e. The third kappa shape index (κ3) is 5.03. The molecule has 0 aromatic heterocycles. The van der Waals surface area contributed by atoms with Gasteiger partial charge in [0.1, 0.15) is 11.9 Å². The molecule has 0 saturated heterocycles. The monoisotopic (exact) mass is 260 g/mol. The van der Waals surface area contributed by atoms with E-state index in [2.05, 4.69) is 0 Å². The lowest BCUT2D eigenvalue weighted by Crippen LogP contribution is -2.35. The Morgan fingerprint density at radius 2 is 1.71 bits per heavy atom. The van der Waals surface area contributed by atoms with Gasteiger partial charge >= 0.3 is 5.97 Å². The highest BCUT2D eigenvalue weighted by molar-refractivity contribution is 6.69. The van der Waals surface area contributed by atoms with Crippen LogP contribution in [0.1, 0.15) is 20.8 Å². The van der Waals surface area contributed by atoms with E-state index in [1.165, 1.54) is 0 Å². The molecule has 0 aliphatic heterocycles. The average Bonchev–Trinajstić information content (AvgIpc) is 1.79. The van der Waals surface area contributed by atoms with Gasteiger partial charge in [-0.2, -0.15) is 0 Å². The molecule has 14 heavy (non-hydrogen) atoms. The molecule has 1 unspecified atom stereocenters. The Kier molecular flexibility index (Phi) is 4.69. The summed E-state index contributed by atoms with van der Waals surface area (Å²) in [7, 11) is 0. The van der Waals surface area contributed by atoms with Gasteiger partial charge in [-0.3, -0.25) is 4.79 Å². The van der Waals surface area contributed by atoms with Crippen LogP contribution in [0.25, 0.3) is 0 Å². The highest BCUT2D eigenvalue weighted by Gasteiger charge is 2.40. The summed E-state index contributed by atoms with van der Waals surface area (Å²) < 4.78 is 2.93. The van der Waals surface area contributed by atoms with Crippen LogP contribution < -0.4 is 0 Å². The van der Waals surface area contributed by atoms with E-state index in [0.717, 1.165) is 0 Å². The van der Waals surface area contributed by atoms with Crippen LogP contribution in [0, 0.1) is 5.92 Å². The molecule has 0 heterocycles. The fourth-order valence-electron chi connectivity index (χ4n) is 0.632. The maximum absolute atomic E-state index is 11.3. The van der Waals surface area contributed by atoms with E-state index in [4.69, 9.17) is 39.5 Å². The van der Waals surface area contributed by atoms with Crippen LogP contribution in [-0.2, 0) is 14.3 Å². The van der Waals surface area contributed by atoms with Gasteiger partial charge in [0.25, 0.3) is 0 Å². The van der Waals surface area contributed by atoms with Crippen molar-refractivity contribution in [3.8, 4) is 0 Å². The van der Waals surface area contributed by atoms with Crippen LogP contribution in [0.3, 0.4) is 0 Å². The normalized spacial score (nSPS) is 14.7. The topological polar surface area (TPSA) is 43.4 Å². The molecule has 0 aromatic rings. The van der Waals surface area contributed by atoms with Crippen molar-refractivity contribution >= 4 is 47.1 Å². The smallest absolute Gasteiger partial charge is 0.321 e. The second kappa shape index (κ2) is 4.69. The third-order valence-corrected chi connectivity index (χ3v) is 1.85. The molecule has 0 aliphatic carbocycles. The van der Waals surface area contributed by atoms with Gasteiger partial charge in [-0.15, -0.1) is 0 Å². The molecule has 0 aromatic carbocycles. The first-order chi connectivity index (χ1) is 6.08. The zero-order valence-electron chi connectivity index (χ0n) is 8.01. The zero-order chi connectivity index (χ0) is 11.6. The van der Waals surface area contributed by atoms with Gasteiger partial charge in [-0.25, -0.2) is 0 Å². The summed E-state index contributed by atoms with van der Waals surface area (Å²) in [5, 5.41) is 0. The molecule has 0 rings (SSSR count). The maximum atomic E-state index is 11.3. The first-order valence-electron chi connectivity index (χ1n) is 3.83. The number of carbonyl (C=O) groups excluding carboxylic acids is 2. The Labute approximate surface area is 97.6 Å². The molecule has 82 valence electrons. The van der Waals surface area contributed by atoms with E-state index in [0.29, 0.717) is 0 Å². The fraction of sp³-hybridized carbons (Fsp3) is 0.750. The van der Waals surface area contributed by atoms with Crippen molar-refractivity contribution in [2.45, 2.75) is 30.2 Å². The summed E-state index contributed by atoms with van der Waals surface area (Å²) in [4.78, 5) is 21.9. The summed E-state index contributed by atoms with van der Waals surface area (Å²) in [6, 6.07) is 0. The number of rotatable bonds is 2. The van der Waals surface area contributed by atoms with Gasteiger partial charge in [0, 0.05) is 0 Å². The average molecular weight is 262 g/mol. The van der Waals surface area contributed by atoms with Crippen molar-refractivity contribution in [3.05, 3.63) is 0 Å². The van der Waals surface area contributed by atoms with Crippen LogP contribution >= 0.6 is 34.8 Å². The maximum Gasteiger partial charge on any atom is 0.321 e. The minimum atomic E-state index is -1.97.